The van der Waals surface area contributed by atoms with E-state index in [1.807, 2.05) is 16.9 Å². The van der Waals surface area contributed by atoms with Crippen LogP contribution in [0.25, 0.3) is 0 Å². The quantitative estimate of drug-likeness (QED) is 0.680. The minimum Gasteiger partial charge on any atom is -0.496 e. The van der Waals surface area contributed by atoms with Crippen molar-refractivity contribution in [2.75, 3.05) is 33.3 Å². The zero-order valence-corrected chi connectivity index (χ0v) is 15.6. The Bertz CT molecular complexity index is 824. The fourth-order valence-electron chi connectivity index (χ4n) is 3.50. The summed E-state index contributed by atoms with van der Waals surface area (Å²) >= 11 is 0. The maximum absolute atomic E-state index is 5.53. The normalized spacial score (nSPS) is 15.9. The van der Waals surface area contributed by atoms with Crippen molar-refractivity contribution < 1.29 is 4.74 Å². The first-order valence-electron chi connectivity index (χ1n) is 9.22. The number of H-pyrrole nitrogens is 1. The highest BCUT2D eigenvalue weighted by Gasteiger charge is 2.18. The first kappa shape index (κ1) is 17.7. The predicted molar refractivity (Wildman–Crippen MR) is 101 cm³/mol. The van der Waals surface area contributed by atoms with Crippen molar-refractivity contribution in [2.45, 2.75) is 19.6 Å². The Hall–Kier alpha value is -2.71. The maximum atomic E-state index is 5.53. The molecule has 0 atom stereocenters. The van der Waals surface area contributed by atoms with Gasteiger partial charge in [0.15, 0.2) is 0 Å². The van der Waals surface area contributed by atoms with Gasteiger partial charge >= 0.3 is 0 Å². The number of rotatable bonds is 7. The van der Waals surface area contributed by atoms with E-state index in [0.717, 1.165) is 63.0 Å². The molecule has 0 aliphatic carbocycles. The third-order valence-corrected chi connectivity index (χ3v) is 4.95. The molecule has 1 aromatic carbocycles. The Morgan fingerprint density at radius 3 is 2.56 bits per heavy atom. The van der Waals surface area contributed by atoms with E-state index in [0.29, 0.717) is 0 Å². The highest BCUT2D eigenvalue weighted by Crippen LogP contribution is 2.22. The number of hydrogen-bond acceptors (Lipinski definition) is 6. The van der Waals surface area contributed by atoms with Crippen molar-refractivity contribution in [3.05, 3.63) is 59.9 Å². The van der Waals surface area contributed by atoms with Gasteiger partial charge in [-0.1, -0.05) is 6.07 Å². The summed E-state index contributed by atoms with van der Waals surface area (Å²) in [6.07, 6.45) is 5.34. The lowest BCUT2D eigenvalue weighted by Gasteiger charge is -2.34. The van der Waals surface area contributed by atoms with Crippen LogP contribution in [0.3, 0.4) is 0 Å². The van der Waals surface area contributed by atoms with E-state index in [9.17, 15) is 0 Å². The number of hydrogen-bond donors (Lipinski definition) is 1. The van der Waals surface area contributed by atoms with Gasteiger partial charge in [0.25, 0.3) is 0 Å². The van der Waals surface area contributed by atoms with Crippen LogP contribution < -0.4 is 4.74 Å². The van der Waals surface area contributed by atoms with Gasteiger partial charge in [0.2, 0.25) is 0 Å². The Kier molecular flexibility index (Phi) is 5.45. The molecule has 1 N–H and O–H groups in total. The lowest BCUT2D eigenvalue weighted by Crippen LogP contribution is -2.45. The molecule has 0 saturated carbocycles. The molecule has 1 fully saturated rings. The Balaban J connectivity index is 1.35. The summed E-state index contributed by atoms with van der Waals surface area (Å²) in [4.78, 5) is 9.12. The van der Waals surface area contributed by atoms with Crippen molar-refractivity contribution in [2.24, 2.45) is 0 Å². The summed E-state index contributed by atoms with van der Waals surface area (Å²) in [5, 5.41) is 11.2. The molecule has 0 amide bonds. The second kappa shape index (κ2) is 8.32. The second-order valence-electron chi connectivity index (χ2n) is 6.83. The third kappa shape index (κ3) is 4.53. The Labute approximate surface area is 158 Å². The molecular weight excluding hydrogens is 342 g/mol. The molecule has 3 aromatic rings. The average molecular weight is 367 g/mol. The van der Waals surface area contributed by atoms with E-state index < -0.39 is 0 Å². The molecule has 27 heavy (non-hydrogen) atoms. The van der Waals surface area contributed by atoms with Gasteiger partial charge in [-0.25, -0.2) is 4.98 Å². The van der Waals surface area contributed by atoms with Crippen LogP contribution in [-0.2, 0) is 19.6 Å². The third-order valence-electron chi connectivity index (χ3n) is 4.95. The number of methoxy groups -OCH3 is 1. The molecular formula is C19H25N7O. The van der Waals surface area contributed by atoms with Crippen molar-refractivity contribution in [3.63, 3.8) is 0 Å². The minimum atomic E-state index is 0.717. The topological polar surface area (TPSA) is 75.1 Å². The average Bonchev–Trinajstić information content (AvgIpc) is 3.38. The molecule has 142 valence electrons. The number of piperazine rings is 1. The van der Waals surface area contributed by atoms with Crippen LogP contribution in [-0.4, -0.2) is 68.1 Å². The minimum absolute atomic E-state index is 0.717. The van der Waals surface area contributed by atoms with E-state index in [2.05, 4.69) is 48.3 Å². The summed E-state index contributed by atoms with van der Waals surface area (Å²) in [6, 6.07) is 8.40. The van der Waals surface area contributed by atoms with Crippen molar-refractivity contribution in [3.8, 4) is 5.75 Å². The molecule has 0 radical (unpaired) electrons. The number of ether oxygens (including phenoxy) is 1. The predicted octanol–water partition coefficient (Wildman–Crippen LogP) is 1.38. The fraction of sp³-hybridized carbons (Fsp3) is 0.421. The number of benzene rings is 1. The van der Waals surface area contributed by atoms with Gasteiger partial charge in [-0.3, -0.25) is 19.6 Å². The fourth-order valence-corrected chi connectivity index (χ4v) is 3.50. The van der Waals surface area contributed by atoms with Crippen LogP contribution in [0, 0.1) is 0 Å². The monoisotopic (exact) mass is 367 g/mol. The Morgan fingerprint density at radius 1 is 1.07 bits per heavy atom. The first-order chi connectivity index (χ1) is 13.3. The molecule has 1 aliphatic heterocycles. The van der Waals surface area contributed by atoms with Crippen LogP contribution in [0.4, 0.5) is 0 Å². The summed E-state index contributed by atoms with van der Waals surface area (Å²) in [5.74, 6) is 1.84. The summed E-state index contributed by atoms with van der Waals surface area (Å²) in [5.41, 5.74) is 2.46. The molecule has 8 heteroatoms. The molecule has 3 heterocycles. The highest BCUT2D eigenvalue weighted by molar-refractivity contribution is 5.37. The van der Waals surface area contributed by atoms with Crippen molar-refractivity contribution in [1.29, 1.82) is 0 Å². The van der Waals surface area contributed by atoms with E-state index in [-0.39, 0.29) is 0 Å². The number of nitrogens with zero attached hydrogens (tertiary/aromatic N) is 6. The van der Waals surface area contributed by atoms with Gasteiger partial charge in [-0.2, -0.15) is 10.2 Å². The van der Waals surface area contributed by atoms with Crippen LogP contribution >= 0.6 is 0 Å². The second-order valence-corrected chi connectivity index (χ2v) is 6.83. The first-order valence-corrected chi connectivity index (χ1v) is 9.22. The lowest BCUT2D eigenvalue weighted by molar-refractivity contribution is 0.120. The lowest BCUT2D eigenvalue weighted by atomic mass is 10.1. The van der Waals surface area contributed by atoms with Gasteiger partial charge in [0.05, 0.1) is 20.2 Å². The molecule has 1 saturated heterocycles. The molecule has 4 rings (SSSR count). The molecule has 0 unspecified atom stereocenters. The van der Waals surface area contributed by atoms with Crippen LogP contribution in [0.1, 0.15) is 17.0 Å². The number of nitrogens with one attached hydrogen (secondary N) is 1. The smallest absolute Gasteiger partial charge is 0.138 e. The van der Waals surface area contributed by atoms with Gasteiger partial charge in [0, 0.05) is 50.7 Å². The van der Waals surface area contributed by atoms with Crippen molar-refractivity contribution in [1.82, 2.24) is 34.8 Å². The van der Waals surface area contributed by atoms with E-state index in [1.54, 1.807) is 19.6 Å². The van der Waals surface area contributed by atoms with Gasteiger partial charge < -0.3 is 4.74 Å². The summed E-state index contributed by atoms with van der Waals surface area (Å²) in [6.45, 7) is 6.68. The summed E-state index contributed by atoms with van der Waals surface area (Å²) in [7, 11) is 1.72. The molecule has 0 bridgehead atoms. The van der Waals surface area contributed by atoms with Gasteiger partial charge in [-0.15, -0.1) is 0 Å². The van der Waals surface area contributed by atoms with Gasteiger partial charge in [-0.05, 0) is 23.8 Å². The largest absolute Gasteiger partial charge is 0.496 e. The highest BCUT2D eigenvalue weighted by atomic mass is 16.5. The van der Waals surface area contributed by atoms with E-state index in [1.165, 1.54) is 5.56 Å². The Morgan fingerprint density at radius 2 is 1.89 bits per heavy atom. The molecule has 1 aliphatic rings. The number of aromatic amines is 1. The van der Waals surface area contributed by atoms with E-state index >= 15 is 0 Å². The van der Waals surface area contributed by atoms with Crippen LogP contribution in [0.5, 0.6) is 5.75 Å². The molecule has 8 nitrogen and oxygen atoms in total. The standard InChI is InChI=1S/C19H25N7O/c1-27-18-4-3-16(11-17(18)13-26-6-2-5-22-26)12-24-7-9-25(10-8-24)14-19-20-15-21-23-19/h2-6,11,15H,7-10,12-14H2,1H3,(H,20,21,23). The summed E-state index contributed by atoms with van der Waals surface area (Å²) < 4.78 is 7.45. The maximum Gasteiger partial charge on any atom is 0.138 e. The van der Waals surface area contributed by atoms with E-state index in [4.69, 9.17) is 4.74 Å². The van der Waals surface area contributed by atoms with Crippen molar-refractivity contribution >= 4 is 0 Å². The zero-order chi connectivity index (χ0) is 18.5. The van der Waals surface area contributed by atoms with Crippen LogP contribution in [0.15, 0.2) is 43.0 Å². The van der Waals surface area contributed by atoms with Gasteiger partial charge in [0.1, 0.15) is 17.9 Å². The number of aromatic nitrogens is 5. The van der Waals surface area contributed by atoms with Crippen LogP contribution in [0.2, 0.25) is 0 Å². The SMILES string of the molecule is COc1ccc(CN2CCN(Cc3ncn[nH]3)CC2)cc1Cn1cccn1. The molecule has 2 aromatic heterocycles. The molecule has 0 spiro atoms. The zero-order valence-electron chi connectivity index (χ0n) is 15.6.